The molecule has 16 heavy (non-hydrogen) atoms. The van der Waals surface area contributed by atoms with E-state index >= 15 is 0 Å². The Morgan fingerprint density at radius 1 is 1.44 bits per heavy atom. The highest BCUT2D eigenvalue weighted by Crippen LogP contribution is 2.45. The van der Waals surface area contributed by atoms with Crippen molar-refractivity contribution < 1.29 is 5.11 Å². The minimum Gasteiger partial charge on any atom is -0.388 e. The van der Waals surface area contributed by atoms with E-state index in [1.165, 1.54) is 11.1 Å². The zero-order valence-electron chi connectivity index (χ0n) is 10.7. The van der Waals surface area contributed by atoms with Crippen LogP contribution in [0, 0.1) is 0 Å². The molecule has 1 nitrogen and oxygen atoms in total. The molecule has 1 aromatic carbocycles. The first-order valence-electron chi connectivity index (χ1n) is 6.28. The average Bonchev–Trinajstić information content (AvgIpc) is 2.48. The van der Waals surface area contributed by atoms with Crippen LogP contribution in [0.5, 0.6) is 0 Å². The Morgan fingerprint density at radius 3 is 2.75 bits per heavy atom. The predicted molar refractivity (Wildman–Crippen MR) is 67.8 cm³/mol. The average molecular weight is 218 g/mol. The van der Waals surface area contributed by atoms with Crippen molar-refractivity contribution in [2.24, 2.45) is 0 Å². The summed E-state index contributed by atoms with van der Waals surface area (Å²) in [7, 11) is 0. The number of hydrogen-bond donors (Lipinski definition) is 1. The molecule has 1 N–H and O–H groups in total. The largest absolute Gasteiger partial charge is 0.388 e. The van der Waals surface area contributed by atoms with Crippen molar-refractivity contribution in [2.75, 3.05) is 0 Å². The third-order valence-electron chi connectivity index (χ3n) is 4.05. The summed E-state index contributed by atoms with van der Waals surface area (Å²) in [5.74, 6) is 0.584. The van der Waals surface area contributed by atoms with Crippen molar-refractivity contribution in [1.82, 2.24) is 0 Å². The lowest BCUT2D eigenvalue weighted by Gasteiger charge is -2.19. The molecule has 0 radical (unpaired) electrons. The van der Waals surface area contributed by atoms with E-state index in [1.54, 1.807) is 0 Å². The molecule has 0 aliphatic heterocycles. The summed E-state index contributed by atoms with van der Waals surface area (Å²) in [5, 5.41) is 10.1. The molecule has 0 saturated heterocycles. The Morgan fingerprint density at radius 2 is 2.12 bits per heavy atom. The monoisotopic (exact) mass is 218 g/mol. The van der Waals surface area contributed by atoms with Crippen LogP contribution in [0.3, 0.4) is 0 Å². The fourth-order valence-electron chi connectivity index (χ4n) is 2.72. The molecule has 1 unspecified atom stereocenters. The Labute approximate surface area is 98.5 Å². The summed E-state index contributed by atoms with van der Waals surface area (Å²) in [6.45, 7) is 8.88. The minimum absolute atomic E-state index is 0.128. The molecule has 0 amide bonds. The maximum atomic E-state index is 10.1. The van der Waals surface area contributed by atoms with Crippen molar-refractivity contribution >= 4 is 0 Å². The maximum absolute atomic E-state index is 10.1. The fraction of sp³-hybridized carbons (Fsp3) is 0.600. The normalized spacial score (nSPS) is 24.2. The van der Waals surface area contributed by atoms with Gasteiger partial charge in [0, 0.05) is 0 Å². The van der Waals surface area contributed by atoms with Crippen LogP contribution in [0.15, 0.2) is 18.2 Å². The Kier molecular flexibility index (Phi) is 2.83. The predicted octanol–water partition coefficient (Wildman–Crippen LogP) is 3.91. The molecule has 0 saturated carbocycles. The van der Waals surface area contributed by atoms with Gasteiger partial charge in [-0.3, -0.25) is 0 Å². The van der Waals surface area contributed by atoms with E-state index in [0.29, 0.717) is 5.92 Å². The second-order valence-electron chi connectivity index (χ2n) is 5.76. The highest BCUT2D eigenvalue weighted by atomic mass is 16.3. The van der Waals surface area contributed by atoms with Gasteiger partial charge in [0.15, 0.2) is 0 Å². The molecule has 1 aliphatic rings. The van der Waals surface area contributed by atoms with Gasteiger partial charge in [-0.2, -0.15) is 0 Å². The van der Waals surface area contributed by atoms with Crippen molar-refractivity contribution in [1.29, 1.82) is 0 Å². The number of aliphatic hydroxyl groups excluding tert-OH is 1. The van der Waals surface area contributed by atoms with Crippen LogP contribution in [0.25, 0.3) is 0 Å². The summed E-state index contributed by atoms with van der Waals surface area (Å²) in [4.78, 5) is 0. The molecule has 0 heterocycles. The smallest absolute Gasteiger partial charge is 0.0801 e. The minimum atomic E-state index is -0.269. The van der Waals surface area contributed by atoms with Gasteiger partial charge >= 0.3 is 0 Å². The van der Waals surface area contributed by atoms with E-state index in [2.05, 4.69) is 45.9 Å². The Hall–Kier alpha value is -0.820. The van der Waals surface area contributed by atoms with Gasteiger partial charge in [0.2, 0.25) is 0 Å². The summed E-state index contributed by atoms with van der Waals surface area (Å²) in [6, 6.07) is 6.66. The van der Waals surface area contributed by atoms with Crippen LogP contribution in [-0.2, 0) is 5.41 Å². The van der Waals surface area contributed by atoms with E-state index in [0.717, 1.165) is 18.4 Å². The zero-order valence-corrected chi connectivity index (χ0v) is 10.7. The number of aliphatic hydroxyl groups is 1. The van der Waals surface area contributed by atoms with E-state index in [4.69, 9.17) is 0 Å². The fourth-order valence-corrected chi connectivity index (χ4v) is 2.72. The molecule has 0 aromatic heterocycles. The Bertz CT molecular complexity index is 392. The zero-order chi connectivity index (χ0) is 11.9. The molecule has 1 aromatic rings. The Balaban J connectivity index is 2.44. The molecule has 0 bridgehead atoms. The van der Waals surface area contributed by atoms with Gasteiger partial charge in [-0.05, 0) is 40.9 Å². The standard InChI is InChI=1S/C15H22O/c1-5-10(2)11-6-7-13-12(8-11)14(16)9-15(13,3)4/h6-8,10,14,16H,5,9H2,1-4H3/t10?,14-/m0/s1. The molecular weight excluding hydrogens is 196 g/mol. The van der Waals surface area contributed by atoms with Crippen LogP contribution in [0.2, 0.25) is 0 Å². The first-order valence-corrected chi connectivity index (χ1v) is 6.28. The molecule has 2 atom stereocenters. The van der Waals surface area contributed by atoms with Gasteiger partial charge in [0.1, 0.15) is 0 Å². The summed E-state index contributed by atoms with van der Waals surface area (Å²) >= 11 is 0. The van der Waals surface area contributed by atoms with E-state index in [9.17, 15) is 5.11 Å². The van der Waals surface area contributed by atoms with Crippen LogP contribution in [0.4, 0.5) is 0 Å². The van der Waals surface area contributed by atoms with Crippen molar-refractivity contribution in [3.63, 3.8) is 0 Å². The van der Waals surface area contributed by atoms with Gasteiger partial charge in [-0.1, -0.05) is 45.9 Å². The molecular formula is C15H22O. The van der Waals surface area contributed by atoms with E-state index < -0.39 is 0 Å². The van der Waals surface area contributed by atoms with Crippen molar-refractivity contribution in [2.45, 2.75) is 58.0 Å². The van der Waals surface area contributed by atoms with Crippen LogP contribution in [0.1, 0.15) is 69.2 Å². The number of hydrogen-bond acceptors (Lipinski definition) is 1. The molecule has 1 heteroatoms. The molecule has 0 fully saturated rings. The second-order valence-corrected chi connectivity index (χ2v) is 5.76. The molecule has 2 rings (SSSR count). The SMILES string of the molecule is CCC(C)c1ccc2c(c1)[C@@H](O)CC2(C)C. The number of fused-ring (bicyclic) bond motifs is 1. The molecule has 1 aliphatic carbocycles. The quantitative estimate of drug-likeness (QED) is 0.797. The maximum Gasteiger partial charge on any atom is 0.0801 e. The van der Waals surface area contributed by atoms with E-state index in [-0.39, 0.29) is 11.5 Å². The van der Waals surface area contributed by atoms with Gasteiger partial charge in [0.25, 0.3) is 0 Å². The summed E-state index contributed by atoms with van der Waals surface area (Å²) in [5.41, 5.74) is 3.97. The first kappa shape index (κ1) is 11.7. The topological polar surface area (TPSA) is 20.2 Å². The first-order chi connectivity index (χ1) is 7.45. The third kappa shape index (κ3) is 1.78. The lowest BCUT2D eigenvalue weighted by atomic mass is 9.85. The second kappa shape index (κ2) is 3.89. The molecule has 88 valence electrons. The lowest BCUT2D eigenvalue weighted by molar-refractivity contribution is 0.161. The van der Waals surface area contributed by atoms with Gasteiger partial charge in [-0.15, -0.1) is 0 Å². The lowest BCUT2D eigenvalue weighted by Crippen LogP contribution is -2.12. The highest BCUT2D eigenvalue weighted by molar-refractivity contribution is 5.43. The van der Waals surface area contributed by atoms with Crippen LogP contribution < -0.4 is 0 Å². The van der Waals surface area contributed by atoms with Crippen molar-refractivity contribution in [3.8, 4) is 0 Å². The van der Waals surface area contributed by atoms with Gasteiger partial charge < -0.3 is 5.11 Å². The molecule has 0 spiro atoms. The van der Waals surface area contributed by atoms with Crippen molar-refractivity contribution in [3.05, 3.63) is 34.9 Å². The van der Waals surface area contributed by atoms with Crippen LogP contribution in [-0.4, -0.2) is 5.11 Å². The third-order valence-corrected chi connectivity index (χ3v) is 4.05. The number of benzene rings is 1. The van der Waals surface area contributed by atoms with E-state index in [1.807, 2.05) is 0 Å². The van der Waals surface area contributed by atoms with Gasteiger partial charge in [0.05, 0.1) is 6.10 Å². The summed E-state index contributed by atoms with van der Waals surface area (Å²) < 4.78 is 0. The van der Waals surface area contributed by atoms with Gasteiger partial charge in [-0.25, -0.2) is 0 Å². The number of rotatable bonds is 2. The van der Waals surface area contributed by atoms with Crippen LogP contribution >= 0.6 is 0 Å². The highest BCUT2D eigenvalue weighted by Gasteiger charge is 2.35. The summed E-state index contributed by atoms with van der Waals surface area (Å²) in [6.07, 6.45) is 1.74.